The summed E-state index contributed by atoms with van der Waals surface area (Å²) in [6.45, 7) is 6.64. The second kappa shape index (κ2) is 9.92. The highest BCUT2D eigenvalue weighted by Crippen LogP contribution is 2.34. The molecule has 0 unspecified atom stereocenters. The zero-order valence-electron chi connectivity index (χ0n) is 18.4. The number of aryl methyl sites for hydroxylation is 1. The van der Waals surface area contributed by atoms with Gasteiger partial charge in [0.1, 0.15) is 23.9 Å². The molecule has 6 nitrogen and oxygen atoms in total. The van der Waals surface area contributed by atoms with Crippen LogP contribution in [-0.2, 0) is 4.79 Å². The summed E-state index contributed by atoms with van der Waals surface area (Å²) in [6.07, 6.45) is 1.67. The summed E-state index contributed by atoms with van der Waals surface area (Å²) < 4.78 is 16.5. The molecule has 0 bridgehead atoms. The fourth-order valence-electron chi connectivity index (χ4n) is 3.25. The lowest BCUT2D eigenvalue weighted by atomic mass is 10.0. The van der Waals surface area contributed by atoms with Gasteiger partial charge in [-0.25, -0.2) is 0 Å². The standard InChI is InChI=1S/C24H27NO5S/c1-15(2)20-7-6-16(3)10-21(20)30-9-8-25-23(26)22(31-24(25)27)13-17-11-18(28-4)14-19(12-17)29-5/h6-7,10-15H,8-9H2,1-5H3/b22-13-. The lowest BCUT2D eigenvalue weighted by Crippen LogP contribution is -2.32. The average molecular weight is 442 g/mol. The molecule has 1 fully saturated rings. The lowest BCUT2D eigenvalue weighted by molar-refractivity contribution is -0.123. The van der Waals surface area contributed by atoms with Crippen LogP contribution in [0.5, 0.6) is 17.2 Å². The first-order valence-corrected chi connectivity index (χ1v) is 10.9. The minimum atomic E-state index is -0.325. The average Bonchev–Trinajstić information content (AvgIpc) is 3.00. The molecule has 0 atom stereocenters. The molecule has 3 rings (SSSR count). The maximum Gasteiger partial charge on any atom is 0.293 e. The molecular weight excluding hydrogens is 414 g/mol. The predicted octanol–water partition coefficient (Wildman–Crippen LogP) is 5.25. The molecule has 1 saturated heterocycles. The molecule has 1 heterocycles. The van der Waals surface area contributed by atoms with Crippen molar-refractivity contribution < 1.29 is 23.8 Å². The van der Waals surface area contributed by atoms with Gasteiger partial charge in [0.25, 0.3) is 11.1 Å². The first-order chi connectivity index (χ1) is 14.8. The lowest BCUT2D eigenvalue weighted by Gasteiger charge is -2.17. The highest BCUT2D eigenvalue weighted by atomic mass is 32.2. The Labute approximate surface area is 187 Å². The number of carbonyl (C=O) groups is 2. The topological polar surface area (TPSA) is 65.1 Å². The maximum atomic E-state index is 12.8. The van der Waals surface area contributed by atoms with Crippen molar-refractivity contribution in [2.24, 2.45) is 0 Å². The molecule has 164 valence electrons. The zero-order chi connectivity index (χ0) is 22.5. The van der Waals surface area contributed by atoms with E-state index in [2.05, 4.69) is 26.0 Å². The van der Waals surface area contributed by atoms with Gasteiger partial charge in [-0.2, -0.15) is 0 Å². The third-order valence-corrected chi connectivity index (χ3v) is 5.82. The Kier molecular flexibility index (Phi) is 7.28. The van der Waals surface area contributed by atoms with Gasteiger partial charge < -0.3 is 14.2 Å². The molecule has 0 aromatic heterocycles. The largest absolute Gasteiger partial charge is 0.497 e. The highest BCUT2D eigenvalue weighted by Gasteiger charge is 2.34. The van der Waals surface area contributed by atoms with E-state index in [1.165, 1.54) is 4.90 Å². The van der Waals surface area contributed by atoms with Gasteiger partial charge in [0, 0.05) is 6.07 Å². The Bertz CT molecular complexity index is 993. The van der Waals surface area contributed by atoms with E-state index in [0.717, 1.165) is 34.2 Å². The SMILES string of the molecule is COc1cc(/C=C2\SC(=O)N(CCOc3cc(C)ccc3C(C)C)C2=O)cc(OC)c1. The van der Waals surface area contributed by atoms with E-state index in [1.54, 1.807) is 38.5 Å². The number of imide groups is 1. The van der Waals surface area contributed by atoms with Gasteiger partial charge in [0.15, 0.2) is 0 Å². The molecule has 0 N–H and O–H groups in total. The van der Waals surface area contributed by atoms with Gasteiger partial charge in [-0.3, -0.25) is 14.5 Å². The Morgan fingerprint density at radius 3 is 2.32 bits per heavy atom. The van der Waals surface area contributed by atoms with Crippen molar-refractivity contribution in [1.82, 2.24) is 4.90 Å². The molecule has 31 heavy (non-hydrogen) atoms. The fraction of sp³-hybridized carbons (Fsp3) is 0.333. The van der Waals surface area contributed by atoms with E-state index < -0.39 is 0 Å². The van der Waals surface area contributed by atoms with Crippen molar-refractivity contribution in [3.63, 3.8) is 0 Å². The summed E-state index contributed by atoms with van der Waals surface area (Å²) >= 11 is 0.922. The summed E-state index contributed by atoms with van der Waals surface area (Å²) in [4.78, 5) is 26.8. The smallest absolute Gasteiger partial charge is 0.293 e. The molecule has 0 spiro atoms. The van der Waals surface area contributed by atoms with E-state index in [4.69, 9.17) is 14.2 Å². The van der Waals surface area contributed by atoms with Crippen molar-refractivity contribution >= 4 is 29.0 Å². The van der Waals surface area contributed by atoms with Gasteiger partial charge in [0.2, 0.25) is 0 Å². The molecular formula is C24H27NO5S. The van der Waals surface area contributed by atoms with Crippen LogP contribution in [0.2, 0.25) is 0 Å². The highest BCUT2D eigenvalue weighted by molar-refractivity contribution is 8.18. The van der Waals surface area contributed by atoms with Gasteiger partial charge in [-0.1, -0.05) is 26.0 Å². The van der Waals surface area contributed by atoms with Crippen molar-refractivity contribution in [2.45, 2.75) is 26.7 Å². The van der Waals surface area contributed by atoms with Crippen LogP contribution in [0.4, 0.5) is 4.79 Å². The number of rotatable bonds is 8. The van der Waals surface area contributed by atoms with Crippen LogP contribution < -0.4 is 14.2 Å². The second-order valence-corrected chi connectivity index (χ2v) is 8.52. The number of hydrogen-bond acceptors (Lipinski definition) is 6. The molecule has 2 aromatic rings. The van der Waals surface area contributed by atoms with E-state index in [-0.39, 0.29) is 24.3 Å². The van der Waals surface area contributed by atoms with Gasteiger partial charge in [-0.15, -0.1) is 0 Å². The summed E-state index contributed by atoms with van der Waals surface area (Å²) in [7, 11) is 3.12. The molecule has 2 aromatic carbocycles. The fourth-order valence-corrected chi connectivity index (χ4v) is 4.11. The molecule has 0 radical (unpaired) electrons. The van der Waals surface area contributed by atoms with E-state index >= 15 is 0 Å². The van der Waals surface area contributed by atoms with Crippen LogP contribution in [0.3, 0.4) is 0 Å². The van der Waals surface area contributed by atoms with Crippen LogP contribution in [0.1, 0.15) is 36.5 Å². The maximum absolute atomic E-state index is 12.8. The van der Waals surface area contributed by atoms with Crippen LogP contribution in [0.25, 0.3) is 6.08 Å². The number of thioether (sulfide) groups is 1. The number of benzene rings is 2. The number of ether oxygens (including phenoxy) is 3. The number of nitrogens with zero attached hydrogens (tertiary/aromatic N) is 1. The Hall–Kier alpha value is -2.93. The first kappa shape index (κ1) is 22.7. The Morgan fingerprint density at radius 1 is 1.03 bits per heavy atom. The molecule has 1 aliphatic rings. The van der Waals surface area contributed by atoms with E-state index in [1.807, 2.05) is 13.0 Å². The Morgan fingerprint density at radius 2 is 1.71 bits per heavy atom. The van der Waals surface area contributed by atoms with Gasteiger partial charge in [0.05, 0.1) is 25.7 Å². The quantitative estimate of drug-likeness (QED) is 0.521. The van der Waals surface area contributed by atoms with Crippen molar-refractivity contribution in [3.8, 4) is 17.2 Å². The van der Waals surface area contributed by atoms with E-state index in [9.17, 15) is 9.59 Å². The van der Waals surface area contributed by atoms with Gasteiger partial charge >= 0.3 is 0 Å². The monoisotopic (exact) mass is 441 g/mol. The molecule has 1 aliphatic heterocycles. The third kappa shape index (κ3) is 5.41. The van der Waals surface area contributed by atoms with Crippen LogP contribution in [-0.4, -0.2) is 43.4 Å². The molecule has 0 aliphatic carbocycles. The number of carbonyl (C=O) groups excluding carboxylic acids is 2. The summed E-state index contributed by atoms with van der Waals surface area (Å²) in [6, 6.07) is 11.4. The van der Waals surface area contributed by atoms with Crippen molar-refractivity contribution in [3.05, 3.63) is 58.0 Å². The zero-order valence-corrected chi connectivity index (χ0v) is 19.2. The van der Waals surface area contributed by atoms with Crippen molar-refractivity contribution in [1.29, 1.82) is 0 Å². The third-order valence-electron chi connectivity index (χ3n) is 4.91. The summed E-state index contributed by atoms with van der Waals surface area (Å²) in [5.41, 5.74) is 2.92. The predicted molar refractivity (Wildman–Crippen MR) is 123 cm³/mol. The normalized spacial score (nSPS) is 15.2. The Balaban J connectivity index is 1.70. The second-order valence-electron chi connectivity index (χ2n) is 7.52. The minimum Gasteiger partial charge on any atom is -0.497 e. The number of methoxy groups -OCH3 is 2. The minimum absolute atomic E-state index is 0.189. The first-order valence-electron chi connectivity index (χ1n) is 10.0. The molecule has 2 amide bonds. The summed E-state index contributed by atoms with van der Waals surface area (Å²) in [5, 5.41) is -0.303. The number of amides is 2. The van der Waals surface area contributed by atoms with E-state index in [0.29, 0.717) is 22.3 Å². The molecule has 7 heteroatoms. The van der Waals surface area contributed by atoms with Crippen molar-refractivity contribution in [2.75, 3.05) is 27.4 Å². The molecule has 0 saturated carbocycles. The van der Waals surface area contributed by atoms with Crippen LogP contribution >= 0.6 is 11.8 Å². The number of hydrogen-bond donors (Lipinski definition) is 0. The van der Waals surface area contributed by atoms with Crippen LogP contribution in [0, 0.1) is 6.92 Å². The van der Waals surface area contributed by atoms with Crippen LogP contribution in [0.15, 0.2) is 41.3 Å². The van der Waals surface area contributed by atoms with Gasteiger partial charge in [-0.05, 0) is 65.6 Å². The summed E-state index contributed by atoms with van der Waals surface area (Å²) in [5.74, 6) is 2.00.